The second kappa shape index (κ2) is 8.29. The van der Waals surface area contributed by atoms with Gasteiger partial charge in [0.15, 0.2) is 10.8 Å². The SMILES string of the molecule is O=C(CSc1nc2[nH]ncc2c(=O)n1-c1ccc(Br)cc1)NCc1cccs1. The topological polar surface area (TPSA) is 92.7 Å². The zero-order valence-electron chi connectivity index (χ0n) is 14.4. The van der Waals surface area contributed by atoms with Gasteiger partial charge in [0, 0.05) is 9.35 Å². The number of hydrogen-bond acceptors (Lipinski definition) is 6. The Kier molecular flexibility index (Phi) is 5.60. The summed E-state index contributed by atoms with van der Waals surface area (Å²) in [6, 6.07) is 11.3. The Morgan fingerprint density at radius 3 is 2.86 bits per heavy atom. The predicted molar refractivity (Wildman–Crippen MR) is 114 cm³/mol. The van der Waals surface area contributed by atoms with E-state index in [0.29, 0.717) is 28.4 Å². The summed E-state index contributed by atoms with van der Waals surface area (Å²) in [5.74, 6) is 0.0215. The molecule has 10 heteroatoms. The Bertz CT molecular complexity index is 1170. The van der Waals surface area contributed by atoms with Gasteiger partial charge >= 0.3 is 0 Å². The average Bonchev–Trinajstić information content (AvgIpc) is 3.37. The van der Waals surface area contributed by atoms with Crippen molar-refractivity contribution in [2.45, 2.75) is 11.7 Å². The van der Waals surface area contributed by atoms with Crippen LogP contribution in [-0.2, 0) is 11.3 Å². The van der Waals surface area contributed by atoms with Gasteiger partial charge in [-0.05, 0) is 35.7 Å². The molecule has 3 heterocycles. The first-order valence-corrected chi connectivity index (χ1v) is 10.9. The fraction of sp³-hybridized carbons (Fsp3) is 0.111. The Morgan fingerprint density at radius 2 is 2.11 bits per heavy atom. The first-order valence-electron chi connectivity index (χ1n) is 8.26. The summed E-state index contributed by atoms with van der Waals surface area (Å²) < 4.78 is 2.41. The third-order valence-electron chi connectivity index (χ3n) is 3.91. The zero-order chi connectivity index (χ0) is 19.5. The van der Waals surface area contributed by atoms with Crippen LogP contribution in [0.5, 0.6) is 0 Å². The molecule has 1 amide bonds. The summed E-state index contributed by atoms with van der Waals surface area (Å²) >= 11 is 6.19. The number of carbonyl (C=O) groups is 1. The fourth-order valence-corrected chi connectivity index (χ4v) is 4.31. The Hall–Kier alpha value is -2.43. The van der Waals surface area contributed by atoms with E-state index < -0.39 is 0 Å². The summed E-state index contributed by atoms with van der Waals surface area (Å²) in [6.45, 7) is 0.490. The number of rotatable bonds is 6. The third kappa shape index (κ3) is 4.03. The molecule has 0 fully saturated rings. The molecule has 0 aliphatic heterocycles. The van der Waals surface area contributed by atoms with Gasteiger partial charge in [0.25, 0.3) is 5.56 Å². The number of nitrogens with zero attached hydrogens (tertiary/aromatic N) is 3. The molecule has 0 bridgehead atoms. The number of halogens is 1. The van der Waals surface area contributed by atoms with Crippen molar-refractivity contribution < 1.29 is 4.79 Å². The maximum Gasteiger partial charge on any atom is 0.269 e. The van der Waals surface area contributed by atoms with Crippen LogP contribution >= 0.6 is 39.0 Å². The number of H-pyrrole nitrogens is 1. The molecule has 4 rings (SSSR count). The van der Waals surface area contributed by atoms with E-state index in [2.05, 4.69) is 36.4 Å². The van der Waals surface area contributed by atoms with E-state index in [4.69, 9.17) is 0 Å². The van der Waals surface area contributed by atoms with Crippen LogP contribution in [0.3, 0.4) is 0 Å². The number of hydrogen-bond donors (Lipinski definition) is 2. The fourth-order valence-electron chi connectivity index (χ4n) is 2.57. The van der Waals surface area contributed by atoms with Crippen LogP contribution < -0.4 is 10.9 Å². The molecule has 3 aromatic heterocycles. The highest BCUT2D eigenvalue weighted by Gasteiger charge is 2.16. The molecule has 0 spiro atoms. The number of benzene rings is 1. The number of thiophene rings is 1. The van der Waals surface area contributed by atoms with E-state index in [-0.39, 0.29) is 17.2 Å². The minimum atomic E-state index is -0.234. The van der Waals surface area contributed by atoms with Crippen LogP contribution in [0, 0.1) is 0 Å². The maximum atomic E-state index is 13.0. The number of thioether (sulfide) groups is 1. The Balaban J connectivity index is 1.60. The summed E-state index contributed by atoms with van der Waals surface area (Å²) in [7, 11) is 0. The Morgan fingerprint density at radius 1 is 1.29 bits per heavy atom. The standard InChI is InChI=1S/C18H14BrN5O2S2/c19-11-3-5-12(6-4-11)24-17(26)14-9-21-23-16(14)22-18(24)28-10-15(25)20-8-13-2-1-7-27-13/h1-7,9H,8,10H2,(H,20,25)(H,21,23). The van der Waals surface area contributed by atoms with E-state index in [9.17, 15) is 9.59 Å². The van der Waals surface area contributed by atoms with Gasteiger partial charge in [0.2, 0.25) is 5.91 Å². The predicted octanol–water partition coefficient (Wildman–Crippen LogP) is 3.34. The van der Waals surface area contributed by atoms with Crippen molar-refractivity contribution in [3.05, 3.63) is 67.7 Å². The number of amides is 1. The highest BCUT2D eigenvalue weighted by atomic mass is 79.9. The smallest absolute Gasteiger partial charge is 0.269 e. The van der Waals surface area contributed by atoms with Gasteiger partial charge in [-0.1, -0.05) is 33.8 Å². The normalized spacial score (nSPS) is 11.0. The molecule has 28 heavy (non-hydrogen) atoms. The number of carbonyl (C=O) groups excluding carboxylic acids is 1. The summed E-state index contributed by atoms with van der Waals surface area (Å²) in [5.41, 5.74) is 0.840. The molecule has 0 saturated heterocycles. The molecule has 0 aliphatic rings. The molecule has 1 aromatic carbocycles. The molecule has 7 nitrogen and oxygen atoms in total. The molecule has 0 saturated carbocycles. The van der Waals surface area contributed by atoms with Crippen LogP contribution in [0.15, 0.2) is 62.4 Å². The van der Waals surface area contributed by atoms with Gasteiger partial charge in [0.05, 0.1) is 24.2 Å². The highest BCUT2D eigenvalue weighted by Crippen LogP contribution is 2.21. The first kappa shape index (κ1) is 18.9. The maximum absolute atomic E-state index is 13.0. The van der Waals surface area contributed by atoms with Crippen molar-refractivity contribution in [2.24, 2.45) is 0 Å². The minimum Gasteiger partial charge on any atom is -0.350 e. The average molecular weight is 476 g/mol. The zero-order valence-corrected chi connectivity index (χ0v) is 17.6. The van der Waals surface area contributed by atoms with Gasteiger partial charge in [-0.2, -0.15) is 5.10 Å². The number of fused-ring (bicyclic) bond motifs is 1. The van der Waals surface area contributed by atoms with Crippen LogP contribution in [0.4, 0.5) is 0 Å². The molecule has 142 valence electrons. The largest absolute Gasteiger partial charge is 0.350 e. The lowest BCUT2D eigenvalue weighted by molar-refractivity contribution is -0.118. The second-order valence-corrected chi connectivity index (χ2v) is 8.68. The molecule has 0 aliphatic carbocycles. The highest BCUT2D eigenvalue weighted by molar-refractivity contribution is 9.10. The summed E-state index contributed by atoms with van der Waals surface area (Å²) in [6.07, 6.45) is 1.46. The molecule has 0 atom stereocenters. The third-order valence-corrected chi connectivity index (χ3v) is 6.25. The Labute approximate surface area is 176 Å². The first-order chi connectivity index (χ1) is 13.6. The second-order valence-electron chi connectivity index (χ2n) is 5.79. The minimum absolute atomic E-state index is 0.125. The molecule has 0 unspecified atom stereocenters. The van der Waals surface area contributed by atoms with Gasteiger partial charge in [-0.3, -0.25) is 19.3 Å². The lowest BCUT2D eigenvalue weighted by Crippen LogP contribution is -2.26. The van der Waals surface area contributed by atoms with Crippen LogP contribution in [0.25, 0.3) is 16.7 Å². The number of aromatic amines is 1. The van der Waals surface area contributed by atoms with Crippen molar-refractivity contribution in [1.82, 2.24) is 25.1 Å². The molecular formula is C18H14BrN5O2S2. The van der Waals surface area contributed by atoms with E-state index in [1.54, 1.807) is 11.3 Å². The molecule has 2 N–H and O–H groups in total. The van der Waals surface area contributed by atoms with Gasteiger partial charge < -0.3 is 5.32 Å². The molecule has 0 radical (unpaired) electrons. The van der Waals surface area contributed by atoms with Crippen molar-refractivity contribution >= 4 is 56.0 Å². The van der Waals surface area contributed by atoms with Crippen molar-refractivity contribution in [1.29, 1.82) is 0 Å². The molecule has 4 aromatic rings. The summed E-state index contributed by atoms with van der Waals surface area (Å²) in [5, 5.41) is 12.3. The van der Waals surface area contributed by atoms with Crippen LogP contribution in [0.2, 0.25) is 0 Å². The lowest BCUT2D eigenvalue weighted by atomic mass is 10.3. The lowest BCUT2D eigenvalue weighted by Gasteiger charge is -2.12. The van der Waals surface area contributed by atoms with Gasteiger partial charge in [0.1, 0.15) is 5.39 Å². The van der Waals surface area contributed by atoms with Crippen molar-refractivity contribution in [3.8, 4) is 5.69 Å². The van der Waals surface area contributed by atoms with E-state index >= 15 is 0 Å². The van der Waals surface area contributed by atoms with E-state index in [1.165, 1.54) is 22.5 Å². The molecular weight excluding hydrogens is 462 g/mol. The quantitative estimate of drug-likeness (QED) is 0.329. The summed E-state index contributed by atoms with van der Waals surface area (Å²) in [4.78, 5) is 30.8. The van der Waals surface area contributed by atoms with Crippen LogP contribution in [0.1, 0.15) is 4.88 Å². The van der Waals surface area contributed by atoms with E-state index in [0.717, 1.165) is 9.35 Å². The van der Waals surface area contributed by atoms with Gasteiger partial charge in [-0.25, -0.2) is 4.98 Å². The van der Waals surface area contributed by atoms with Gasteiger partial charge in [-0.15, -0.1) is 11.3 Å². The van der Waals surface area contributed by atoms with Crippen LogP contribution in [-0.4, -0.2) is 31.4 Å². The van der Waals surface area contributed by atoms with Crippen molar-refractivity contribution in [3.63, 3.8) is 0 Å². The van der Waals surface area contributed by atoms with E-state index in [1.807, 2.05) is 41.8 Å². The number of nitrogens with one attached hydrogen (secondary N) is 2. The monoisotopic (exact) mass is 475 g/mol. The number of aromatic nitrogens is 4. The van der Waals surface area contributed by atoms with Crippen molar-refractivity contribution in [2.75, 3.05) is 5.75 Å².